The summed E-state index contributed by atoms with van der Waals surface area (Å²) in [4.78, 5) is 35.7. The quantitative estimate of drug-likeness (QED) is 0.611. The number of benzene rings is 2. The van der Waals surface area contributed by atoms with Crippen LogP contribution in [0.15, 0.2) is 42.5 Å². The maximum Gasteiger partial charge on any atom is 0.340 e. The van der Waals surface area contributed by atoms with Gasteiger partial charge in [-0.25, -0.2) is 13.6 Å². The Hall–Kier alpha value is -3.29. The van der Waals surface area contributed by atoms with E-state index >= 15 is 0 Å². The molecule has 2 amide bonds. The Kier molecular flexibility index (Phi) is 6.37. The van der Waals surface area contributed by atoms with Gasteiger partial charge >= 0.3 is 5.97 Å². The van der Waals surface area contributed by atoms with Gasteiger partial charge in [0.1, 0.15) is 6.42 Å². The van der Waals surface area contributed by atoms with Gasteiger partial charge in [0.2, 0.25) is 11.8 Å². The fourth-order valence-electron chi connectivity index (χ4n) is 2.10. The van der Waals surface area contributed by atoms with Crippen molar-refractivity contribution in [3.8, 4) is 0 Å². The number of anilines is 2. The monoisotopic (exact) mass is 362 g/mol. The van der Waals surface area contributed by atoms with Gasteiger partial charge in [-0.05, 0) is 31.2 Å². The van der Waals surface area contributed by atoms with E-state index in [-0.39, 0.29) is 23.5 Å². The molecule has 0 aromatic heterocycles. The van der Waals surface area contributed by atoms with Crippen molar-refractivity contribution in [3.63, 3.8) is 0 Å². The number of carbonyl (C=O) groups excluding carboxylic acids is 3. The first-order valence-electron chi connectivity index (χ1n) is 7.71. The number of ether oxygens (including phenoxy) is 1. The summed E-state index contributed by atoms with van der Waals surface area (Å²) in [5.41, 5.74) is 0.383. The second-order valence-electron chi connectivity index (χ2n) is 5.17. The van der Waals surface area contributed by atoms with Gasteiger partial charge in [-0.2, -0.15) is 0 Å². The zero-order valence-corrected chi connectivity index (χ0v) is 13.8. The second-order valence-corrected chi connectivity index (χ2v) is 5.17. The maximum atomic E-state index is 13.1. The number of nitrogens with one attached hydrogen (secondary N) is 2. The van der Waals surface area contributed by atoms with Gasteiger partial charge in [-0.1, -0.05) is 12.1 Å². The summed E-state index contributed by atoms with van der Waals surface area (Å²) in [6, 6.07) is 9.04. The molecule has 0 aliphatic rings. The summed E-state index contributed by atoms with van der Waals surface area (Å²) in [5.74, 6) is -4.16. The molecule has 0 saturated heterocycles. The van der Waals surface area contributed by atoms with Crippen LogP contribution in [0.25, 0.3) is 0 Å². The first-order chi connectivity index (χ1) is 12.4. The Morgan fingerprint density at radius 1 is 0.962 bits per heavy atom. The molecule has 0 aliphatic heterocycles. The Morgan fingerprint density at radius 3 is 2.35 bits per heavy atom. The minimum atomic E-state index is -1.12. The van der Waals surface area contributed by atoms with Crippen molar-refractivity contribution in [1.82, 2.24) is 0 Å². The molecule has 8 heteroatoms. The third kappa shape index (κ3) is 5.10. The largest absolute Gasteiger partial charge is 0.462 e. The zero-order valence-electron chi connectivity index (χ0n) is 13.8. The fourth-order valence-corrected chi connectivity index (χ4v) is 2.10. The van der Waals surface area contributed by atoms with E-state index in [0.29, 0.717) is 0 Å². The Balaban J connectivity index is 1.99. The van der Waals surface area contributed by atoms with E-state index in [9.17, 15) is 23.2 Å². The molecule has 0 radical (unpaired) electrons. The molecule has 0 unspecified atom stereocenters. The van der Waals surface area contributed by atoms with E-state index in [0.717, 1.165) is 12.1 Å². The van der Waals surface area contributed by atoms with Crippen molar-refractivity contribution in [2.24, 2.45) is 0 Å². The molecule has 0 bridgehead atoms. The molecule has 136 valence electrons. The van der Waals surface area contributed by atoms with Gasteiger partial charge in [-0.15, -0.1) is 0 Å². The first kappa shape index (κ1) is 19.0. The molecule has 2 rings (SSSR count). The van der Waals surface area contributed by atoms with Crippen molar-refractivity contribution >= 4 is 29.2 Å². The third-order valence-electron chi connectivity index (χ3n) is 3.22. The van der Waals surface area contributed by atoms with Gasteiger partial charge in [-0.3, -0.25) is 9.59 Å². The molecule has 26 heavy (non-hydrogen) atoms. The lowest BCUT2D eigenvalue weighted by molar-refractivity contribution is -0.123. The van der Waals surface area contributed by atoms with E-state index in [1.54, 1.807) is 19.1 Å². The number of para-hydroxylation sites is 1. The van der Waals surface area contributed by atoms with Crippen LogP contribution in [0.5, 0.6) is 0 Å². The smallest absolute Gasteiger partial charge is 0.340 e. The number of halogens is 2. The number of amides is 2. The Morgan fingerprint density at radius 2 is 1.65 bits per heavy atom. The number of hydrogen-bond acceptors (Lipinski definition) is 4. The molecular formula is C18H16F2N2O4. The fraction of sp³-hybridized carbons (Fsp3) is 0.167. The lowest BCUT2D eigenvalue weighted by Crippen LogP contribution is -2.22. The zero-order chi connectivity index (χ0) is 19.1. The lowest BCUT2D eigenvalue weighted by Gasteiger charge is -2.10. The third-order valence-corrected chi connectivity index (χ3v) is 3.22. The Bertz CT molecular complexity index is 840. The van der Waals surface area contributed by atoms with Gasteiger partial charge in [0.25, 0.3) is 0 Å². The van der Waals surface area contributed by atoms with Crippen LogP contribution >= 0.6 is 0 Å². The number of rotatable bonds is 6. The van der Waals surface area contributed by atoms with Crippen LogP contribution in [-0.2, 0) is 14.3 Å². The van der Waals surface area contributed by atoms with Crippen molar-refractivity contribution in [2.75, 3.05) is 17.2 Å². The molecule has 0 saturated carbocycles. The topological polar surface area (TPSA) is 84.5 Å². The first-order valence-corrected chi connectivity index (χ1v) is 7.71. The van der Waals surface area contributed by atoms with E-state index in [1.165, 1.54) is 18.2 Å². The molecule has 0 heterocycles. The van der Waals surface area contributed by atoms with Crippen molar-refractivity contribution < 1.29 is 27.9 Å². The number of esters is 1. The highest BCUT2D eigenvalue weighted by Crippen LogP contribution is 2.17. The standard InChI is InChI=1S/C18H16F2N2O4/c1-2-26-18(25)12-5-3-4-6-15(12)22-17(24)10-16(23)21-11-7-8-13(19)14(20)9-11/h3-9H,2,10H2,1H3,(H,21,23)(H,22,24). The van der Waals surface area contributed by atoms with Crippen LogP contribution in [0.1, 0.15) is 23.7 Å². The van der Waals surface area contributed by atoms with Gasteiger partial charge in [0.15, 0.2) is 11.6 Å². The minimum Gasteiger partial charge on any atom is -0.462 e. The molecule has 2 aromatic rings. The van der Waals surface area contributed by atoms with Crippen LogP contribution < -0.4 is 10.6 Å². The maximum absolute atomic E-state index is 13.1. The molecule has 6 nitrogen and oxygen atoms in total. The van der Waals surface area contributed by atoms with Gasteiger partial charge in [0, 0.05) is 11.8 Å². The van der Waals surface area contributed by atoms with Crippen LogP contribution in [0.2, 0.25) is 0 Å². The average molecular weight is 362 g/mol. The summed E-state index contributed by atoms with van der Waals surface area (Å²) < 4.78 is 30.9. The number of carbonyl (C=O) groups is 3. The summed E-state index contributed by atoms with van der Waals surface area (Å²) in [5, 5.41) is 4.74. The molecule has 0 spiro atoms. The highest BCUT2D eigenvalue weighted by atomic mass is 19.2. The predicted molar refractivity (Wildman–Crippen MR) is 90.6 cm³/mol. The van der Waals surface area contributed by atoms with E-state index in [1.807, 2.05) is 0 Å². The highest BCUT2D eigenvalue weighted by Gasteiger charge is 2.16. The summed E-state index contributed by atoms with van der Waals surface area (Å²) in [7, 11) is 0. The van der Waals surface area contributed by atoms with Crippen molar-refractivity contribution in [3.05, 3.63) is 59.7 Å². The summed E-state index contributed by atoms with van der Waals surface area (Å²) >= 11 is 0. The average Bonchev–Trinajstić information content (AvgIpc) is 2.58. The molecule has 0 fully saturated rings. The molecule has 0 atom stereocenters. The highest BCUT2D eigenvalue weighted by molar-refractivity contribution is 6.09. The summed E-state index contributed by atoms with van der Waals surface area (Å²) in [6.45, 7) is 1.83. The molecule has 0 aliphatic carbocycles. The SMILES string of the molecule is CCOC(=O)c1ccccc1NC(=O)CC(=O)Nc1ccc(F)c(F)c1. The summed E-state index contributed by atoms with van der Waals surface area (Å²) in [6.07, 6.45) is -0.573. The van der Waals surface area contributed by atoms with Gasteiger partial charge in [0.05, 0.1) is 17.9 Å². The Labute approximate surface area is 148 Å². The predicted octanol–water partition coefficient (Wildman–Crippen LogP) is 3.11. The van der Waals surface area contributed by atoms with Crippen LogP contribution in [0.3, 0.4) is 0 Å². The molecule has 2 aromatic carbocycles. The minimum absolute atomic E-state index is 0.0219. The van der Waals surface area contributed by atoms with E-state index in [2.05, 4.69) is 10.6 Å². The van der Waals surface area contributed by atoms with Crippen LogP contribution in [0.4, 0.5) is 20.2 Å². The second kappa shape index (κ2) is 8.70. The van der Waals surface area contributed by atoms with E-state index < -0.39 is 35.8 Å². The normalized spacial score (nSPS) is 10.1. The number of hydrogen-bond donors (Lipinski definition) is 2. The molecular weight excluding hydrogens is 346 g/mol. The van der Waals surface area contributed by atoms with Crippen LogP contribution in [-0.4, -0.2) is 24.4 Å². The van der Waals surface area contributed by atoms with Gasteiger partial charge < -0.3 is 15.4 Å². The van der Waals surface area contributed by atoms with Crippen molar-refractivity contribution in [1.29, 1.82) is 0 Å². The lowest BCUT2D eigenvalue weighted by atomic mass is 10.1. The molecule has 2 N–H and O–H groups in total. The van der Waals surface area contributed by atoms with E-state index in [4.69, 9.17) is 4.74 Å². The van der Waals surface area contributed by atoms with Crippen LogP contribution in [0, 0.1) is 11.6 Å². The van der Waals surface area contributed by atoms with Crippen molar-refractivity contribution in [2.45, 2.75) is 13.3 Å².